The normalized spacial score (nSPS) is 12.0. The number of carbonyl (C=O) groups is 1. The molecule has 1 unspecified atom stereocenters. The molecule has 0 heterocycles. The van der Waals surface area contributed by atoms with Crippen molar-refractivity contribution in [3.05, 3.63) is 54.1 Å². The molecule has 0 spiro atoms. The van der Waals surface area contributed by atoms with Crippen molar-refractivity contribution in [3.8, 4) is 11.5 Å². The summed E-state index contributed by atoms with van der Waals surface area (Å²) in [6, 6.07) is 14.1. The molecule has 0 saturated heterocycles. The van der Waals surface area contributed by atoms with Gasteiger partial charge in [0.1, 0.15) is 11.5 Å². The van der Waals surface area contributed by atoms with Gasteiger partial charge in [0.15, 0.2) is 0 Å². The van der Waals surface area contributed by atoms with Crippen molar-refractivity contribution in [1.82, 2.24) is 4.90 Å². The van der Waals surface area contributed by atoms with Gasteiger partial charge >= 0.3 is 0 Å². The Morgan fingerprint density at radius 1 is 1.21 bits per heavy atom. The van der Waals surface area contributed by atoms with Crippen LogP contribution in [0, 0.1) is 0 Å². The Kier molecular flexibility index (Phi) is 6.21. The molecule has 0 radical (unpaired) electrons. The summed E-state index contributed by atoms with van der Waals surface area (Å²) in [4.78, 5) is 14.4. The van der Waals surface area contributed by atoms with Gasteiger partial charge < -0.3 is 15.2 Å². The van der Waals surface area contributed by atoms with E-state index in [-0.39, 0.29) is 17.7 Å². The molecule has 0 aromatic heterocycles. The lowest BCUT2D eigenvalue weighted by molar-refractivity contribution is -0.120. The molecule has 0 saturated carbocycles. The molecule has 0 aliphatic rings. The molecule has 2 aromatic carbocycles. The maximum atomic E-state index is 12.5. The van der Waals surface area contributed by atoms with E-state index in [4.69, 9.17) is 4.74 Å². The van der Waals surface area contributed by atoms with Gasteiger partial charge in [-0.3, -0.25) is 9.69 Å². The van der Waals surface area contributed by atoms with E-state index in [9.17, 15) is 9.90 Å². The van der Waals surface area contributed by atoms with Gasteiger partial charge in [0, 0.05) is 12.1 Å². The molecule has 5 heteroatoms. The van der Waals surface area contributed by atoms with Crippen molar-refractivity contribution in [3.63, 3.8) is 0 Å². The standard InChI is InChI=1S/C19H24N2O3/c1-4-24-18-12-8-6-10-16(18)20-19(23)14(2)21(3)13-15-9-5-7-11-17(15)22/h5-12,14,22H,4,13H2,1-3H3,(H,20,23). The zero-order chi connectivity index (χ0) is 17.5. The van der Waals surface area contributed by atoms with Crippen molar-refractivity contribution < 1.29 is 14.6 Å². The minimum atomic E-state index is -0.362. The van der Waals surface area contributed by atoms with E-state index in [0.717, 1.165) is 5.56 Å². The summed E-state index contributed by atoms with van der Waals surface area (Å²) in [5, 5.41) is 12.8. The Labute approximate surface area is 142 Å². The molecule has 1 atom stereocenters. The first kappa shape index (κ1) is 17.8. The zero-order valence-corrected chi connectivity index (χ0v) is 14.3. The fraction of sp³-hybridized carbons (Fsp3) is 0.316. The van der Waals surface area contributed by atoms with Gasteiger partial charge in [0.2, 0.25) is 5.91 Å². The fourth-order valence-corrected chi connectivity index (χ4v) is 2.34. The van der Waals surface area contributed by atoms with Crippen LogP contribution in [0.15, 0.2) is 48.5 Å². The molecule has 0 bridgehead atoms. The van der Waals surface area contributed by atoms with Crippen molar-refractivity contribution in [2.75, 3.05) is 19.0 Å². The molecule has 1 amide bonds. The Balaban J connectivity index is 2.03. The predicted octanol–water partition coefficient (Wildman–Crippen LogP) is 3.25. The minimum Gasteiger partial charge on any atom is -0.508 e. The molecule has 0 fully saturated rings. The summed E-state index contributed by atoms with van der Waals surface area (Å²) in [7, 11) is 1.85. The van der Waals surface area contributed by atoms with E-state index < -0.39 is 0 Å². The van der Waals surface area contributed by atoms with Crippen molar-refractivity contribution >= 4 is 11.6 Å². The van der Waals surface area contributed by atoms with Crippen molar-refractivity contribution in [1.29, 1.82) is 0 Å². The largest absolute Gasteiger partial charge is 0.508 e. The number of anilines is 1. The highest BCUT2D eigenvalue weighted by atomic mass is 16.5. The van der Waals surface area contributed by atoms with Gasteiger partial charge in [-0.2, -0.15) is 0 Å². The van der Waals surface area contributed by atoms with Crippen LogP contribution >= 0.6 is 0 Å². The summed E-state index contributed by atoms with van der Waals surface area (Å²) in [6.07, 6.45) is 0. The number of benzene rings is 2. The average Bonchev–Trinajstić information content (AvgIpc) is 2.58. The lowest BCUT2D eigenvalue weighted by Crippen LogP contribution is -2.39. The molecule has 5 nitrogen and oxygen atoms in total. The molecule has 0 aliphatic carbocycles. The third kappa shape index (κ3) is 4.49. The van der Waals surface area contributed by atoms with E-state index >= 15 is 0 Å². The second kappa shape index (κ2) is 8.36. The summed E-state index contributed by atoms with van der Waals surface area (Å²) in [5.74, 6) is 0.766. The number of rotatable bonds is 7. The van der Waals surface area contributed by atoms with Crippen LogP contribution < -0.4 is 10.1 Å². The second-order valence-electron chi connectivity index (χ2n) is 5.64. The highest BCUT2D eigenvalue weighted by Gasteiger charge is 2.20. The summed E-state index contributed by atoms with van der Waals surface area (Å²) in [6.45, 7) is 4.75. The van der Waals surface area contributed by atoms with E-state index in [2.05, 4.69) is 5.32 Å². The second-order valence-corrected chi connectivity index (χ2v) is 5.64. The number of phenols is 1. The first-order chi connectivity index (χ1) is 11.5. The average molecular weight is 328 g/mol. The third-order valence-corrected chi connectivity index (χ3v) is 3.90. The maximum Gasteiger partial charge on any atom is 0.241 e. The van der Waals surface area contributed by atoms with Crippen molar-refractivity contribution in [2.45, 2.75) is 26.4 Å². The quantitative estimate of drug-likeness (QED) is 0.819. The molecule has 2 aromatic rings. The lowest BCUT2D eigenvalue weighted by Gasteiger charge is -2.24. The third-order valence-electron chi connectivity index (χ3n) is 3.90. The molecule has 2 N–H and O–H groups in total. The van der Waals surface area contributed by atoms with Crippen LogP contribution in [0.5, 0.6) is 11.5 Å². The van der Waals surface area contributed by atoms with Crippen LogP contribution in [0.3, 0.4) is 0 Å². The number of likely N-dealkylation sites (N-methyl/N-ethyl adjacent to an activating group) is 1. The van der Waals surface area contributed by atoms with Crippen LogP contribution in [-0.2, 0) is 11.3 Å². The Hall–Kier alpha value is -2.53. The number of phenolic OH excluding ortho intramolecular Hbond substituents is 1. The molecule has 128 valence electrons. The molecule has 0 aliphatic heterocycles. The fourth-order valence-electron chi connectivity index (χ4n) is 2.34. The predicted molar refractivity (Wildman–Crippen MR) is 95.3 cm³/mol. The van der Waals surface area contributed by atoms with Crippen LogP contribution in [0.1, 0.15) is 19.4 Å². The number of carbonyl (C=O) groups excluding carboxylic acids is 1. The number of hydrogen-bond donors (Lipinski definition) is 2. The molecule has 2 rings (SSSR count). The summed E-state index contributed by atoms with van der Waals surface area (Å²) >= 11 is 0. The van der Waals surface area contributed by atoms with E-state index in [0.29, 0.717) is 24.6 Å². The van der Waals surface area contributed by atoms with Crippen LogP contribution in [0.4, 0.5) is 5.69 Å². The zero-order valence-electron chi connectivity index (χ0n) is 14.3. The number of hydrogen-bond acceptors (Lipinski definition) is 4. The number of nitrogens with zero attached hydrogens (tertiary/aromatic N) is 1. The van der Waals surface area contributed by atoms with Gasteiger partial charge in [-0.25, -0.2) is 0 Å². The molecular weight excluding hydrogens is 304 g/mol. The molecule has 24 heavy (non-hydrogen) atoms. The van der Waals surface area contributed by atoms with Gasteiger partial charge in [-0.15, -0.1) is 0 Å². The van der Waals surface area contributed by atoms with Crippen LogP contribution in [-0.4, -0.2) is 35.6 Å². The monoisotopic (exact) mass is 328 g/mol. The van der Waals surface area contributed by atoms with E-state index in [1.807, 2.05) is 62.2 Å². The topological polar surface area (TPSA) is 61.8 Å². The maximum absolute atomic E-state index is 12.5. The number of aromatic hydroxyl groups is 1. The Morgan fingerprint density at radius 3 is 2.58 bits per heavy atom. The Bertz CT molecular complexity index is 688. The van der Waals surface area contributed by atoms with Gasteiger partial charge in [-0.05, 0) is 39.1 Å². The smallest absolute Gasteiger partial charge is 0.241 e. The van der Waals surface area contributed by atoms with Gasteiger partial charge in [-0.1, -0.05) is 30.3 Å². The first-order valence-electron chi connectivity index (χ1n) is 8.02. The summed E-state index contributed by atoms with van der Waals surface area (Å²) in [5.41, 5.74) is 1.45. The summed E-state index contributed by atoms with van der Waals surface area (Å²) < 4.78 is 5.53. The number of nitrogens with one attached hydrogen (secondary N) is 1. The van der Waals surface area contributed by atoms with Gasteiger partial charge in [0.25, 0.3) is 0 Å². The molecular formula is C19H24N2O3. The Morgan fingerprint density at radius 2 is 1.88 bits per heavy atom. The van der Waals surface area contributed by atoms with Gasteiger partial charge in [0.05, 0.1) is 18.3 Å². The van der Waals surface area contributed by atoms with Crippen LogP contribution in [0.2, 0.25) is 0 Å². The minimum absolute atomic E-state index is 0.125. The number of amides is 1. The van der Waals surface area contributed by atoms with E-state index in [1.165, 1.54) is 0 Å². The number of ether oxygens (including phenoxy) is 1. The number of para-hydroxylation sites is 3. The first-order valence-corrected chi connectivity index (χ1v) is 8.02. The SMILES string of the molecule is CCOc1ccccc1NC(=O)C(C)N(C)Cc1ccccc1O. The van der Waals surface area contributed by atoms with Crippen molar-refractivity contribution in [2.24, 2.45) is 0 Å². The highest BCUT2D eigenvalue weighted by molar-refractivity contribution is 5.95. The van der Waals surface area contributed by atoms with Crippen LogP contribution in [0.25, 0.3) is 0 Å². The highest BCUT2D eigenvalue weighted by Crippen LogP contribution is 2.24. The lowest BCUT2D eigenvalue weighted by atomic mass is 10.1. The van der Waals surface area contributed by atoms with E-state index in [1.54, 1.807) is 12.1 Å².